The first kappa shape index (κ1) is 13.3. The second kappa shape index (κ2) is 4.88. The fourth-order valence-corrected chi connectivity index (χ4v) is 2.17. The van der Waals surface area contributed by atoms with Gasteiger partial charge in [-0.25, -0.2) is 9.97 Å². The number of alkyl halides is 1. The van der Waals surface area contributed by atoms with Gasteiger partial charge in [-0.1, -0.05) is 20.8 Å². The number of pyridine rings is 1. The fourth-order valence-electron chi connectivity index (χ4n) is 1.97. The zero-order chi connectivity index (χ0) is 13.3. The minimum atomic E-state index is 0.223. The molecular weight excluding hydrogens is 246 g/mol. The number of aromatic nitrogens is 3. The Hall–Kier alpha value is -1.09. The molecule has 2 rings (SSSR count). The molecule has 0 saturated heterocycles. The molecule has 0 aliphatic rings. The topological polar surface area (TPSA) is 30.7 Å². The van der Waals surface area contributed by atoms with Crippen LogP contribution in [0.1, 0.15) is 38.6 Å². The molecule has 0 aromatic carbocycles. The molecule has 2 aromatic heterocycles. The van der Waals surface area contributed by atoms with Crippen LogP contribution in [0.2, 0.25) is 0 Å². The van der Waals surface area contributed by atoms with Gasteiger partial charge >= 0.3 is 0 Å². The molecule has 0 saturated carbocycles. The highest BCUT2D eigenvalue weighted by Crippen LogP contribution is 2.26. The lowest BCUT2D eigenvalue weighted by Gasteiger charge is -2.24. The minimum Gasteiger partial charge on any atom is -0.311 e. The molecule has 4 heteroatoms. The van der Waals surface area contributed by atoms with E-state index in [-0.39, 0.29) is 5.41 Å². The van der Waals surface area contributed by atoms with Gasteiger partial charge in [-0.15, -0.1) is 11.6 Å². The molecule has 0 fully saturated rings. The van der Waals surface area contributed by atoms with Crippen LogP contribution in [0, 0.1) is 12.3 Å². The van der Waals surface area contributed by atoms with Crippen LogP contribution in [-0.4, -0.2) is 14.5 Å². The number of hydrogen-bond donors (Lipinski definition) is 0. The summed E-state index contributed by atoms with van der Waals surface area (Å²) in [5, 5.41) is 0. The maximum atomic E-state index is 6.00. The number of nitrogens with zero attached hydrogens (tertiary/aromatic N) is 3. The number of halogens is 1. The molecule has 0 N–H and O–H groups in total. The van der Waals surface area contributed by atoms with Crippen LogP contribution >= 0.6 is 11.6 Å². The smallest absolute Gasteiger partial charge is 0.160 e. The van der Waals surface area contributed by atoms with Gasteiger partial charge in [-0.05, 0) is 30.4 Å². The number of imidazole rings is 1. The number of aryl methyl sites for hydroxylation is 1. The van der Waals surface area contributed by atoms with Gasteiger partial charge in [-0.2, -0.15) is 0 Å². The van der Waals surface area contributed by atoms with Crippen molar-refractivity contribution in [3.8, 4) is 0 Å². The van der Waals surface area contributed by atoms with Crippen LogP contribution in [0.4, 0.5) is 0 Å². The summed E-state index contributed by atoms with van der Waals surface area (Å²) < 4.78 is 2.16. The Balaban J connectivity index is 2.53. The molecule has 18 heavy (non-hydrogen) atoms. The molecular formula is C14H20ClN3. The Morgan fingerprint density at radius 2 is 2.11 bits per heavy atom. The summed E-state index contributed by atoms with van der Waals surface area (Å²) in [6, 6.07) is 2.06. The summed E-state index contributed by atoms with van der Waals surface area (Å²) in [5.74, 6) is 1.33. The molecule has 2 aromatic rings. The van der Waals surface area contributed by atoms with E-state index in [1.165, 1.54) is 0 Å². The van der Waals surface area contributed by atoms with Gasteiger partial charge < -0.3 is 4.57 Å². The third-order valence-electron chi connectivity index (χ3n) is 3.46. The summed E-state index contributed by atoms with van der Waals surface area (Å²) in [6.07, 6.45) is 3.00. The molecule has 0 amide bonds. The Morgan fingerprint density at radius 3 is 2.72 bits per heavy atom. The van der Waals surface area contributed by atoms with Crippen molar-refractivity contribution in [3.63, 3.8) is 0 Å². The Kier molecular flexibility index (Phi) is 3.62. The largest absolute Gasteiger partial charge is 0.311 e. The van der Waals surface area contributed by atoms with Crippen LogP contribution in [0.25, 0.3) is 11.2 Å². The molecule has 0 radical (unpaired) electrons. The standard InChI is InChI=1S/C14H20ClN3/c1-5-14(3,4)9-18-12(7-15)17-11-6-10(2)8-16-13(11)18/h6,8H,5,7,9H2,1-4H3. The average Bonchev–Trinajstić information content (AvgIpc) is 2.66. The molecule has 2 heterocycles. The van der Waals surface area contributed by atoms with Gasteiger partial charge in [0.05, 0.1) is 5.88 Å². The number of fused-ring (bicyclic) bond motifs is 1. The van der Waals surface area contributed by atoms with Crippen molar-refractivity contribution in [1.29, 1.82) is 0 Å². The van der Waals surface area contributed by atoms with Crippen LogP contribution < -0.4 is 0 Å². The molecule has 0 aliphatic carbocycles. The van der Waals surface area contributed by atoms with E-state index in [0.29, 0.717) is 5.88 Å². The van der Waals surface area contributed by atoms with Gasteiger partial charge in [-0.3, -0.25) is 0 Å². The van der Waals surface area contributed by atoms with Crippen molar-refractivity contribution in [1.82, 2.24) is 14.5 Å². The Bertz CT molecular complexity index is 557. The van der Waals surface area contributed by atoms with E-state index in [1.807, 2.05) is 13.1 Å². The third kappa shape index (κ3) is 2.51. The van der Waals surface area contributed by atoms with Crippen LogP contribution in [-0.2, 0) is 12.4 Å². The second-order valence-electron chi connectivity index (χ2n) is 5.62. The maximum absolute atomic E-state index is 6.00. The van der Waals surface area contributed by atoms with E-state index in [4.69, 9.17) is 11.6 Å². The SMILES string of the molecule is CCC(C)(C)Cn1c(CCl)nc2cc(C)cnc21. The maximum Gasteiger partial charge on any atom is 0.160 e. The molecule has 98 valence electrons. The van der Waals surface area contributed by atoms with E-state index < -0.39 is 0 Å². The van der Waals surface area contributed by atoms with E-state index in [2.05, 4.69) is 41.4 Å². The average molecular weight is 266 g/mol. The fraction of sp³-hybridized carbons (Fsp3) is 0.571. The highest BCUT2D eigenvalue weighted by molar-refractivity contribution is 6.16. The summed E-state index contributed by atoms with van der Waals surface area (Å²) >= 11 is 6.00. The van der Waals surface area contributed by atoms with E-state index in [1.54, 1.807) is 0 Å². The van der Waals surface area contributed by atoms with Gasteiger partial charge in [0.15, 0.2) is 5.65 Å². The van der Waals surface area contributed by atoms with Crippen molar-refractivity contribution in [3.05, 3.63) is 23.7 Å². The lowest BCUT2D eigenvalue weighted by molar-refractivity contribution is 0.294. The quantitative estimate of drug-likeness (QED) is 0.785. The Labute approximate surface area is 113 Å². The van der Waals surface area contributed by atoms with Gasteiger partial charge in [0.1, 0.15) is 11.3 Å². The number of hydrogen-bond acceptors (Lipinski definition) is 2. The molecule has 0 atom stereocenters. The molecule has 0 spiro atoms. The molecule has 0 unspecified atom stereocenters. The molecule has 3 nitrogen and oxygen atoms in total. The predicted molar refractivity (Wildman–Crippen MR) is 75.9 cm³/mol. The predicted octanol–water partition coefficient (Wildman–Crippen LogP) is 3.91. The highest BCUT2D eigenvalue weighted by Gasteiger charge is 2.20. The first-order valence-electron chi connectivity index (χ1n) is 6.34. The molecule has 0 bridgehead atoms. The van der Waals surface area contributed by atoms with Crippen molar-refractivity contribution < 1.29 is 0 Å². The van der Waals surface area contributed by atoms with E-state index in [0.717, 1.165) is 35.5 Å². The zero-order valence-corrected chi connectivity index (χ0v) is 12.3. The normalized spacial score (nSPS) is 12.3. The van der Waals surface area contributed by atoms with Crippen LogP contribution in [0.3, 0.4) is 0 Å². The van der Waals surface area contributed by atoms with Crippen LogP contribution in [0.15, 0.2) is 12.3 Å². The zero-order valence-electron chi connectivity index (χ0n) is 11.5. The van der Waals surface area contributed by atoms with E-state index >= 15 is 0 Å². The van der Waals surface area contributed by atoms with Crippen molar-refractivity contribution in [2.75, 3.05) is 0 Å². The van der Waals surface area contributed by atoms with Crippen LogP contribution in [0.5, 0.6) is 0 Å². The first-order valence-corrected chi connectivity index (χ1v) is 6.88. The first-order chi connectivity index (χ1) is 8.46. The minimum absolute atomic E-state index is 0.223. The monoisotopic (exact) mass is 265 g/mol. The summed E-state index contributed by atoms with van der Waals surface area (Å²) in [7, 11) is 0. The summed E-state index contributed by atoms with van der Waals surface area (Å²) in [6.45, 7) is 9.65. The van der Waals surface area contributed by atoms with Gasteiger partial charge in [0, 0.05) is 12.7 Å². The van der Waals surface area contributed by atoms with Crippen molar-refractivity contribution in [2.45, 2.75) is 46.5 Å². The van der Waals surface area contributed by atoms with E-state index in [9.17, 15) is 0 Å². The van der Waals surface area contributed by atoms with Crippen molar-refractivity contribution in [2.24, 2.45) is 5.41 Å². The van der Waals surface area contributed by atoms with Gasteiger partial charge in [0.2, 0.25) is 0 Å². The second-order valence-corrected chi connectivity index (χ2v) is 5.89. The molecule has 0 aliphatic heterocycles. The van der Waals surface area contributed by atoms with Gasteiger partial charge in [0.25, 0.3) is 0 Å². The third-order valence-corrected chi connectivity index (χ3v) is 3.70. The Morgan fingerprint density at radius 1 is 1.39 bits per heavy atom. The van der Waals surface area contributed by atoms with Crippen molar-refractivity contribution >= 4 is 22.8 Å². The summed E-state index contributed by atoms with van der Waals surface area (Å²) in [5.41, 5.74) is 3.24. The lowest BCUT2D eigenvalue weighted by Crippen LogP contribution is -2.20. The lowest BCUT2D eigenvalue weighted by atomic mass is 9.90. The number of rotatable bonds is 4. The summed E-state index contributed by atoms with van der Waals surface area (Å²) in [4.78, 5) is 9.09. The highest BCUT2D eigenvalue weighted by atomic mass is 35.5.